The fraction of sp³-hybridized carbons (Fsp3) is 0.286. The van der Waals surface area contributed by atoms with Gasteiger partial charge in [0.25, 0.3) is 0 Å². The van der Waals surface area contributed by atoms with E-state index in [9.17, 15) is 0 Å². The average molecular weight is 243 g/mol. The first-order chi connectivity index (χ1) is 8.54. The molecular weight excluding hydrogens is 226 g/mol. The molecule has 0 radical (unpaired) electrons. The van der Waals surface area contributed by atoms with Gasteiger partial charge in [0.05, 0.1) is 19.0 Å². The summed E-state index contributed by atoms with van der Waals surface area (Å²) in [5, 5.41) is 4.17. The van der Waals surface area contributed by atoms with Gasteiger partial charge in [-0.1, -0.05) is 6.58 Å². The smallest absolute Gasteiger partial charge is 0.148 e. The molecule has 4 nitrogen and oxygen atoms in total. The molecule has 2 rings (SSSR count). The van der Waals surface area contributed by atoms with E-state index in [0.29, 0.717) is 0 Å². The topological polar surface area (TPSA) is 39.9 Å². The van der Waals surface area contributed by atoms with Crippen LogP contribution in [0.2, 0.25) is 0 Å². The zero-order valence-corrected chi connectivity index (χ0v) is 11.2. The Kier molecular flexibility index (Phi) is 3.19. The first kappa shape index (κ1) is 12.4. The maximum Gasteiger partial charge on any atom is 0.148 e. The molecule has 0 aliphatic rings. The summed E-state index contributed by atoms with van der Waals surface area (Å²) in [6.07, 6.45) is 5.59. The molecule has 0 saturated carbocycles. The highest BCUT2D eigenvalue weighted by atomic mass is 16.5. The summed E-state index contributed by atoms with van der Waals surface area (Å²) in [4.78, 5) is 4.30. The number of rotatable bonds is 3. The van der Waals surface area contributed by atoms with Crippen molar-refractivity contribution < 1.29 is 4.74 Å². The SMILES string of the molecule is C=C(c1cnn(C)c1)c1c(C)cnc(C)c1OC. The van der Waals surface area contributed by atoms with Crippen LogP contribution in [0.25, 0.3) is 5.57 Å². The van der Waals surface area contributed by atoms with Crippen molar-refractivity contribution in [3.05, 3.63) is 47.6 Å². The van der Waals surface area contributed by atoms with Crippen molar-refractivity contribution in [3.63, 3.8) is 0 Å². The number of hydrogen-bond acceptors (Lipinski definition) is 3. The molecule has 0 spiro atoms. The van der Waals surface area contributed by atoms with Gasteiger partial charge in [0.2, 0.25) is 0 Å². The zero-order valence-electron chi connectivity index (χ0n) is 11.2. The molecule has 0 aromatic carbocycles. The second-order valence-corrected chi connectivity index (χ2v) is 4.32. The molecule has 2 aromatic rings. The number of hydrogen-bond donors (Lipinski definition) is 0. The summed E-state index contributed by atoms with van der Waals surface area (Å²) in [6, 6.07) is 0. The molecule has 0 atom stereocenters. The summed E-state index contributed by atoms with van der Waals surface area (Å²) in [6.45, 7) is 8.09. The monoisotopic (exact) mass is 243 g/mol. The van der Waals surface area contributed by atoms with Crippen molar-refractivity contribution >= 4 is 5.57 Å². The van der Waals surface area contributed by atoms with Crippen LogP contribution in [0.15, 0.2) is 25.2 Å². The predicted octanol–water partition coefficient (Wildman–Crippen LogP) is 2.50. The largest absolute Gasteiger partial charge is 0.494 e. The number of pyridine rings is 1. The Morgan fingerprint density at radius 1 is 1.33 bits per heavy atom. The van der Waals surface area contributed by atoms with Gasteiger partial charge in [0.15, 0.2) is 0 Å². The first-order valence-electron chi connectivity index (χ1n) is 5.73. The fourth-order valence-corrected chi connectivity index (χ4v) is 2.02. The van der Waals surface area contributed by atoms with Crippen LogP contribution >= 0.6 is 0 Å². The van der Waals surface area contributed by atoms with Crippen LogP contribution in [0.4, 0.5) is 0 Å². The van der Waals surface area contributed by atoms with E-state index in [4.69, 9.17) is 4.74 Å². The van der Waals surface area contributed by atoms with Gasteiger partial charge in [-0.25, -0.2) is 0 Å². The van der Waals surface area contributed by atoms with E-state index in [1.807, 2.05) is 33.3 Å². The van der Waals surface area contributed by atoms with Gasteiger partial charge in [0, 0.05) is 30.6 Å². The van der Waals surface area contributed by atoms with Crippen molar-refractivity contribution in [3.8, 4) is 5.75 Å². The van der Waals surface area contributed by atoms with Gasteiger partial charge < -0.3 is 4.74 Å². The highest BCUT2D eigenvalue weighted by Gasteiger charge is 2.15. The van der Waals surface area contributed by atoms with Crippen molar-refractivity contribution in [2.45, 2.75) is 13.8 Å². The normalized spacial score (nSPS) is 10.4. The molecule has 0 aliphatic carbocycles. The molecule has 18 heavy (non-hydrogen) atoms. The lowest BCUT2D eigenvalue weighted by Crippen LogP contribution is -2.00. The third kappa shape index (κ3) is 2.01. The van der Waals surface area contributed by atoms with E-state index in [2.05, 4.69) is 16.7 Å². The molecule has 0 aliphatic heterocycles. The lowest BCUT2D eigenvalue weighted by Gasteiger charge is -2.14. The van der Waals surface area contributed by atoms with Gasteiger partial charge in [-0.05, 0) is 25.0 Å². The van der Waals surface area contributed by atoms with Crippen molar-refractivity contribution in [2.75, 3.05) is 7.11 Å². The molecule has 0 amide bonds. The van der Waals surface area contributed by atoms with Crippen LogP contribution in [0.5, 0.6) is 5.75 Å². The highest BCUT2D eigenvalue weighted by molar-refractivity contribution is 5.82. The summed E-state index contributed by atoms with van der Waals surface area (Å²) < 4.78 is 7.22. The van der Waals surface area contributed by atoms with E-state index >= 15 is 0 Å². The molecule has 0 saturated heterocycles. The van der Waals surface area contributed by atoms with Crippen LogP contribution in [-0.2, 0) is 7.05 Å². The van der Waals surface area contributed by atoms with E-state index in [1.54, 1.807) is 18.0 Å². The Morgan fingerprint density at radius 3 is 2.61 bits per heavy atom. The minimum absolute atomic E-state index is 0.781. The number of ether oxygens (including phenoxy) is 1. The summed E-state index contributed by atoms with van der Waals surface area (Å²) in [5.74, 6) is 0.781. The van der Waals surface area contributed by atoms with Crippen molar-refractivity contribution in [1.29, 1.82) is 0 Å². The molecule has 0 N–H and O–H groups in total. The van der Waals surface area contributed by atoms with Crippen LogP contribution in [-0.4, -0.2) is 21.9 Å². The predicted molar refractivity (Wildman–Crippen MR) is 71.6 cm³/mol. The summed E-state index contributed by atoms with van der Waals surface area (Å²) in [5.41, 5.74) is 4.81. The van der Waals surface area contributed by atoms with Crippen molar-refractivity contribution in [2.24, 2.45) is 7.05 Å². The van der Waals surface area contributed by atoms with Gasteiger partial charge in [-0.3, -0.25) is 9.67 Å². The summed E-state index contributed by atoms with van der Waals surface area (Å²) in [7, 11) is 3.54. The quantitative estimate of drug-likeness (QED) is 0.831. The molecule has 0 unspecified atom stereocenters. The molecule has 4 heteroatoms. The Hall–Kier alpha value is -2.10. The third-order valence-electron chi connectivity index (χ3n) is 2.96. The Labute approximate surface area is 107 Å². The second kappa shape index (κ2) is 4.64. The van der Waals surface area contributed by atoms with Crippen LogP contribution in [0, 0.1) is 13.8 Å². The van der Waals surface area contributed by atoms with Crippen LogP contribution in [0.3, 0.4) is 0 Å². The minimum atomic E-state index is 0.781. The number of nitrogens with zero attached hydrogens (tertiary/aromatic N) is 3. The number of aromatic nitrogens is 3. The van der Waals surface area contributed by atoms with Gasteiger partial charge in [-0.2, -0.15) is 5.10 Å². The molecular formula is C14H17N3O. The Bertz CT molecular complexity index is 599. The second-order valence-electron chi connectivity index (χ2n) is 4.32. The Morgan fingerprint density at radius 2 is 2.06 bits per heavy atom. The van der Waals surface area contributed by atoms with E-state index in [1.165, 1.54) is 0 Å². The Balaban J connectivity index is 2.57. The van der Waals surface area contributed by atoms with E-state index in [0.717, 1.165) is 33.7 Å². The lowest BCUT2D eigenvalue weighted by atomic mass is 9.97. The van der Waals surface area contributed by atoms with Gasteiger partial charge in [0.1, 0.15) is 5.75 Å². The van der Waals surface area contributed by atoms with Crippen LogP contribution in [0.1, 0.15) is 22.4 Å². The van der Waals surface area contributed by atoms with E-state index < -0.39 is 0 Å². The number of aryl methyl sites for hydroxylation is 3. The molecule has 94 valence electrons. The van der Waals surface area contributed by atoms with Crippen LogP contribution < -0.4 is 4.74 Å². The first-order valence-corrected chi connectivity index (χ1v) is 5.73. The maximum absolute atomic E-state index is 5.46. The lowest BCUT2D eigenvalue weighted by molar-refractivity contribution is 0.407. The molecule has 0 bridgehead atoms. The standard InChI is InChI=1S/C14H17N3O/c1-9-6-15-11(3)14(18-5)13(9)10(2)12-7-16-17(4)8-12/h6-8H,2H2,1,3-5H3. The fourth-order valence-electron chi connectivity index (χ4n) is 2.02. The van der Waals surface area contributed by atoms with Gasteiger partial charge >= 0.3 is 0 Å². The molecule has 2 heterocycles. The molecule has 2 aromatic heterocycles. The molecule has 0 fully saturated rings. The average Bonchev–Trinajstić information content (AvgIpc) is 2.77. The van der Waals surface area contributed by atoms with Crippen molar-refractivity contribution in [1.82, 2.24) is 14.8 Å². The minimum Gasteiger partial charge on any atom is -0.494 e. The third-order valence-corrected chi connectivity index (χ3v) is 2.96. The summed E-state index contributed by atoms with van der Waals surface area (Å²) >= 11 is 0. The zero-order chi connectivity index (χ0) is 13.3. The van der Waals surface area contributed by atoms with Gasteiger partial charge in [-0.15, -0.1) is 0 Å². The number of methoxy groups -OCH3 is 1. The highest BCUT2D eigenvalue weighted by Crippen LogP contribution is 2.33. The van der Waals surface area contributed by atoms with E-state index in [-0.39, 0.29) is 0 Å². The maximum atomic E-state index is 5.46.